The Morgan fingerprint density at radius 2 is 1.94 bits per heavy atom. The molecule has 3 aromatic rings. The number of aryl methyl sites for hydroxylation is 3. The maximum atomic E-state index is 11.2. The molecule has 0 amide bonds. The molecule has 1 aromatic carbocycles. The molecule has 0 aliphatic carbocycles. The van der Waals surface area contributed by atoms with Gasteiger partial charge in [0.1, 0.15) is 11.3 Å². The summed E-state index contributed by atoms with van der Waals surface area (Å²) >= 11 is 0. The second-order valence-corrected chi connectivity index (χ2v) is 4.74. The predicted octanol–water partition coefficient (Wildman–Crippen LogP) is 3.23. The third-order valence-corrected chi connectivity index (χ3v) is 3.40. The lowest BCUT2D eigenvalue weighted by molar-refractivity contribution is 0.111. The molecule has 0 saturated heterocycles. The number of hydrogen-bond donors (Lipinski definition) is 0. The molecule has 0 saturated carbocycles. The van der Waals surface area contributed by atoms with E-state index in [4.69, 9.17) is 0 Å². The minimum absolute atomic E-state index is 0.638. The monoisotopic (exact) mass is 238 g/mol. The van der Waals surface area contributed by atoms with Crippen LogP contribution < -0.4 is 0 Å². The van der Waals surface area contributed by atoms with Gasteiger partial charge in [-0.2, -0.15) is 0 Å². The van der Waals surface area contributed by atoms with Crippen LogP contribution >= 0.6 is 0 Å². The zero-order valence-corrected chi connectivity index (χ0v) is 10.7. The van der Waals surface area contributed by atoms with Gasteiger partial charge < -0.3 is 0 Å². The molecule has 18 heavy (non-hydrogen) atoms. The molecule has 2 heterocycles. The highest BCUT2D eigenvalue weighted by Gasteiger charge is 2.12. The van der Waals surface area contributed by atoms with E-state index in [1.807, 2.05) is 17.4 Å². The molecule has 90 valence electrons. The van der Waals surface area contributed by atoms with Crippen LogP contribution in [0, 0.1) is 20.8 Å². The molecule has 0 aliphatic heterocycles. The van der Waals surface area contributed by atoms with Crippen LogP contribution in [0.2, 0.25) is 0 Å². The van der Waals surface area contributed by atoms with E-state index in [9.17, 15) is 4.79 Å². The van der Waals surface area contributed by atoms with Gasteiger partial charge in [0.05, 0.1) is 11.2 Å². The lowest BCUT2D eigenvalue weighted by atomic mass is 10.1. The van der Waals surface area contributed by atoms with Crippen LogP contribution in [0.25, 0.3) is 16.6 Å². The van der Waals surface area contributed by atoms with Crippen molar-refractivity contribution in [2.24, 2.45) is 0 Å². The summed E-state index contributed by atoms with van der Waals surface area (Å²) in [6.07, 6.45) is 0.879. The van der Waals surface area contributed by atoms with E-state index in [1.165, 1.54) is 16.5 Å². The van der Waals surface area contributed by atoms with Gasteiger partial charge in [0.2, 0.25) is 0 Å². The molecule has 0 unspecified atom stereocenters. The molecule has 2 aromatic heterocycles. The van der Waals surface area contributed by atoms with Crippen LogP contribution in [-0.2, 0) is 0 Å². The normalized spacial score (nSPS) is 11.3. The second kappa shape index (κ2) is 3.67. The van der Waals surface area contributed by atoms with E-state index < -0.39 is 0 Å². The van der Waals surface area contributed by atoms with Gasteiger partial charge in [-0.25, -0.2) is 4.98 Å². The van der Waals surface area contributed by atoms with E-state index in [1.54, 1.807) is 0 Å². The fourth-order valence-electron chi connectivity index (χ4n) is 2.48. The first-order chi connectivity index (χ1) is 8.61. The number of carbonyl (C=O) groups excluding carboxylic acids is 1. The highest BCUT2D eigenvalue weighted by atomic mass is 16.1. The van der Waals surface area contributed by atoms with E-state index in [-0.39, 0.29) is 0 Å². The number of pyridine rings is 1. The first-order valence-corrected chi connectivity index (χ1v) is 5.96. The molecule has 3 heteroatoms. The molecule has 0 spiro atoms. The Bertz CT molecular complexity index is 784. The minimum atomic E-state index is 0.638. The van der Waals surface area contributed by atoms with Gasteiger partial charge in [0.15, 0.2) is 6.29 Å². The number of rotatable bonds is 1. The summed E-state index contributed by atoms with van der Waals surface area (Å²) in [4.78, 5) is 15.7. The Hall–Kier alpha value is -2.16. The van der Waals surface area contributed by atoms with Gasteiger partial charge in [-0.3, -0.25) is 9.20 Å². The Morgan fingerprint density at radius 1 is 1.17 bits per heavy atom. The summed E-state index contributed by atoms with van der Waals surface area (Å²) in [5.41, 5.74) is 5.69. The highest BCUT2D eigenvalue weighted by Crippen LogP contribution is 2.24. The molecule has 3 nitrogen and oxygen atoms in total. The SMILES string of the molecule is Cc1ccc2c(c1)c(C)cc1nc(C)c(C=O)n12. The Balaban J connectivity index is 2.62. The summed E-state index contributed by atoms with van der Waals surface area (Å²) in [7, 11) is 0. The third kappa shape index (κ3) is 1.37. The fraction of sp³-hybridized carbons (Fsp3) is 0.200. The van der Waals surface area contributed by atoms with E-state index in [2.05, 4.69) is 37.0 Å². The molecule has 3 rings (SSSR count). The molecule has 0 atom stereocenters. The van der Waals surface area contributed by atoms with Crippen molar-refractivity contribution in [3.63, 3.8) is 0 Å². The molecular weight excluding hydrogens is 224 g/mol. The van der Waals surface area contributed by atoms with Crippen LogP contribution in [-0.4, -0.2) is 15.7 Å². The second-order valence-electron chi connectivity index (χ2n) is 4.74. The standard InChI is InChI=1S/C15H14N2O/c1-9-4-5-13-12(6-9)10(2)7-15-16-11(3)14(8-18)17(13)15/h4-8H,1-3H3. The van der Waals surface area contributed by atoms with E-state index in [0.29, 0.717) is 5.69 Å². The molecule has 0 radical (unpaired) electrons. The van der Waals surface area contributed by atoms with Crippen molar-refractivity contribution >= 4 is 22.8 Å². The first-order valence-electron chi connectivity index (χ1n) is 5.96. The third-order valence-electron chi connectivity index (χ3n) is 3.40. The molecule has 0 fully saturated rings. The summed E-state index contributed by atoms with van der Waals surface area (Å²) in [6, 6.07) is 8.29. The maximum Gasteiger partial charge on any atom is 0.168 e. The predicted molar refractivity (Wildman–Crippen MR) is 72.3 cm³/mol. The van der Waals surface area contributed by atoms with Crippen LogP contribution in [0.4, 0.5) is 0 Å². The molecule has 0 bridgehead atoms. The number of carbonyl (C=O) groups is 1. The van der Waals surface area contributed by atoms with Gasteiger partial charge in [-0.15, -0.1) is 0 Å². The summed E-state index contributed by atoms with van der Waals surface area (Å²) in [5, 5.41) is 1.17. The number of fused-ring (bicyclic) bond motifs is 3. The van der Waals surface area contributed by atoms with Crippen molar-refractivity contribution in [3.8, 4) is 0 Å². The number of aromatic nitrogens is 2. The van der Waals surface area contributed by atoms with E-state index >= 15 is 0 Å². The summed E-state index contributed by atoms with van der Waals surface area (Å²) in [5.74, 6) is 0. The number of nitrogens with zero attached hydrogens (tertiary/aromatic N) is 2. The largest absolute Gasteiger partial charge is 0.296 e. The van der Waals surface area contributed by atoms with Crippen molar-refractivity contribution in [1.82, 2.24) is 9.38 Å². The zero-order chi connectivity index (χ0) is 12.9. The van der Waals surface area contributed by atoms with Gasteiger partial charge >= 0.3 is 0 Å². The zero-order valence-electron chi connectivity index (χ0n) is 10.7. The van der Waals surface area contributed by atoms with Crippen molar-refractivity contribution in [3.05, 3.63) is 46.8 Å². The van der Waals surface area contributed by atoms with Gasteiger partial charge in [0, 0.05) is 5.39 Å². The Morgan fingerprint density at radius 3 is 2.67 bits per heavy atom. The minimum Gasteiger partial charge on any atom is -0.296 e. The number of benzene rings is 1. The number of aldehydes is 1. The topological polar surface area (TPSA) is 34.4 Å². The quantitative estimate of drug-likeness (QED) is 0.610. The fourth-order valence-corrected chi connectivity index (χ4v) is 2.48. The maximum absolute atomic E-state index is 11.2. The molecule has 0 N–H and O–H groups in total. The number of imidazole rings is 1. The van der Waals surface area contributed by atoms with Gasteiger partial charge in [-0.05, 0) is 44.5 Å². The highest BCUT2D eigenvalue weighted by molar-refractivity contribution is 5.89. The Kier molecular flexibility index (Phi) is 2.23. The van der Waals surface area contributed by atoms with Crippen molar-refractivity contribution < 1.29 is 4.79 Å². The lowest BCUT2D eigenvalue weighted by Gasteiger charge is -2.07. The van der Waals surface area contributed by atoms with Gasteiger partial charge in [0.25, 0.3) is 0 Å². The van der Waals surface area contributed by atoms with Crippen LogP contribution in [0.3, 0.4) is 0 Å². The van der Waals surface area contributed by atoms with Crippen molar-refractivity contribution in [1.29, 1.82) is 0 Å². The average molecular weight is 238 g/mol. The molecular formula is C15H14N2O. The van der Waals surface area contributed by atoms with Crippen LogP contribution in [0.15, 0.2) is 24.3 Å². The van der Waals surface area contributed by atoms with Gasteiger partial charge in [-0.1, -0.05) is 11.6 Å². The lowest BCUT2D eigenvalue weighted by Crippen LogP contribution is -1.96. The number of hydrogen-bond acceptors (Lipinski definition) is 2. The summed E-state index contributed by atoms with van der Waals surface area (Å²) < 4.78 is 1.93. The first kappa shape index (κ1) is 11.0. The van der Waals surface area contributed by atoms with Crippen LogP contribution in [0.1, 0.15) is 27.3 Å². The summed E-state index contributed by atoms with van der Waals surface area (Å²) in [6.45, 7) is 6.02. The van der Waals surface area contributed by atoms with Crippen molar-refractivity contribution in [2.45, 2.75) is 20.8 Å². The van der Waals surface area contributed by atoms with Crippen molar-refractivity contribution in [2.75, 3.05) is 0 Å². The molecule has 0 aliphatic rings. The van der Waals surface area contributed by atoms with Crippen LogP contribution in [0.5, 0.6) is 0 Å². The average Bonchev–Trinajstić information content (AvgIpc) is 2.65. The Labute approximate surface area is 105 Å². The van der Waals surface area contributed by atoms with E-state index in [0.717, 1.165) is 23.1 Å². The smallest absolute Gasteiger partial charge is 0.168 e.